The van der Waals surface area contributed by atoms with E-state index in [1.165, 1.54) is 12.1 Å². The second-order valence-electron chi connectivity index (χ2n) is 8.53. The van der Waals surface area contributed by atoms with E-state index in [9.17, 15) is 14.6 Å². The molecule has 0 amide bonds. The summed E-state index contributed by atoms with van der Waals surface area (Å²) in [5.41, 5.74) is 0.889. The van der Waals surface area contributed by atoms with E-state index < -0.39 is 11.2 Å². The number of halogens is 1. The van der Waals surface area contributed by atoms with Crippen LogP contribution >= 0.6 is 0 Å². The number of para-hydroxylation sites is 2. The van der Waals surface area contributed by atoms with E-state index in [2.05, 4.69) is 5.32 Å². The molecule has 5 heteroatoms. The van der Waals surface area contributed by atoms with Crippen molar-refractivity contribution in [3.05, 3.63) is 95.3 Å². The number of hydrogen-bond donors (Lipinski definition) is 3. The fourth-order valence-corrected chi connectivity index (χ4v) is 4.73. The minimum atomic E-state index is -1.09. The topological polar surface area (TPSA) is 61.7 Å². The summed E-state index contributed by atoms with van der Waals surface area (Å²) >= 11 is 0. The lowest BCUT2D eigenvalue weighted by atomic mass is 9.70. The average molecular weight is 436 g/mol. The van der Waals surface area contributed by atoms with E-state index >= 15 is 0 Å². The zero-order valence-corrected chi connectivity index (χ0v) is 18.4. The fourth-order valence-electron chi connectivity index (χ4n) is 4.73. The summed E-state index contributed by atoms with van der Waals surface area (Å²) in [5, 5.41) is 25.5. The molecule has 3 aromatic carbocycles. The molecule has 1 aliphatic heterocycles. The Hall–Kier alpha value is -2.89. The Kier molecular flexibility index (Phi) is 6.49. The molecule has 4 nitrogen and oxygen atoms in total. The maximum Gasteiger partial charge on any atom is 0.162 e. The first-order valence-corrected chi connectivity index (χ1v) is 11.2. The van der Waals surface area contributed by atoms with Crippen LogP contribution in [0, 0.1) is 5.82 Å². The Morgan fingerprint density at radius 1 is 0.938 bits per heavy atom. The van der Waals surface area contributed by atoms with Gasteiger partial charge in [-0.25, -0.2) is 4.39 Å². The maximum absolute atomic E-state index is 13.2. The van der Waals surface area contributed by atoms with Gasteiger partial charge in [-0.05, 0) is 79.7 Å². The molecule has 0 radical (unpaired) electrons. The zero-order chi connectivity index (χ0) is 22.6. The van der Waals surface area contributed by atoms with E-state index in [0.717, 1.165) is 16.7 Å². The van der Waals surface area contributed by atoms with Gasteiger partial charge in [-0.2, -0.15) is 0 Å². The van der Waals surface area contributed by atoms with Crippen LogP contribution in [-0.2, 0) is 12.0 Å². The van der Waals surface area contributed by atoms with Crippen LogP contribution in [0.3, 0.4) is 0 Å². The molecule has 0 aromatic heterocycles. The summed E-state index contributed by atoms with van der Waals surface area (Å²) in [6.07, 6.45) is 2.32. The number of benzene rings is 3. The van der Waals surface area contributed by atoms with Crippen LogP contribution in [-0.4, -0.2) is 28.9 Å². The van der Waals surface area contributed by atoms with Crippen molar-refractivity contribution in [2.24, 2.45) is 0 Å². The quantitative estimate of drug-likeness (QED) is 0.493. The number of rotatable bonds is 7. The predicted octanol–water partition coefficient (Wildman–Crippen LogP) is 4.92. The molecule has 4 rings (SSSR count). The first kappa shape index (κ1) is 22.3. The van der Waals surface area contributed by atoms with Crippen molar-refractivity contribution in [2.75, 3.05) is 13.1 Å². The van der Waals surface area contributed by atoms with Gasteiger partial charge < -0.3 is 20.3 Å². The van der Waals surface area contributed by atoms with Crippen molar-refractivity contribution in [2.45, 2.75) is 43.8 Å². The summed E-state index contributed by atoms with van der Waals surface area (Å²) in [6.45, 7) is 3.41. The van der Waals surface area contributed by atoms with Gasteiger partial charge in [-0.15, -0.1) is 0 Å². The first-order chi connectivity index (χ1) is 15.5. The lowest BCUT2D eigenvalue weighted by Crippen LogP contribution is -2.59. The van der Waals surface area contributed by atoms with E-state index in [-0.39, 0.29) is 11.6 Å². The van der Waals surface area contributed by atoms with Gasteiger partial charge in [0.2, 0.25) is 0 Å². The number of phenolic OH excluding ortho intramolecular Hbond substituents is 1. The Bertz CT molecular complexity index is 1030. The molecule has 3 N–H and O–H groups in total. The lowest BCUT2D eigenvalue weighted by Gasteiger charge is -2.49. The SMILES string of the molecule is CC[C@@](Oc1ccccc1O)(c1ccc(Cc2ccc(F)cc2)cc1)C1(O)CCNCC1. The molecule has 3 aromatic rings. The number of nitrogens with one attached hydrogen (secondary N) is 1. The maximum atomic E-state index is 13.2. The van der Waals surface area contributed by atoms with Gasteiger partial charge in [-0.1, -0.05) is 55.5 Å². The summed E-state index contributed by atoms with van der Waals surface area (Å²) in [6, 6.07) is 21.5. The summed E-state index contributed by atoms with van der Waals surface area (Å²) in [5.74, 6) is 0.167. The van der Waals surface area contributed by atoms with Gasteiger partial charge in [0.25, 0.3) is 0 Å². The van der Waals surface area contributed by atoms with Crippen molar-refractivity contribution in [1.29, 1.82) is 0 Å². The highest BCUT2D eigenvalue weighted by molar-refractivity contribution is 5.41. The van der Waals surface area contributed by atoms with Crippen molar-refractivity contribution in [3.63, 3.8) is 0 Å². The molecule has 168 valence electrons. The van der Waals surface area contributed by atoms with Crippen molar-refractivity contribution >= 4 is 0 Å². The third kappa shape index (κ3) is 4.36. The highest BCUT2D eigenvalue weighted by atomic mass is 19.1. The molecule has 0 spiro atoms. The van der Waals surface area contributed by atoms with E-state index in [1.807, 2.05) is 37.3 Å². The van der Waals surface area contributed by atoms with Crippen LogP contribution in [0.1, 0.15) is 42.9 Å². The van der Waals surface area contributed by atoms with Crippen molar-refractivity contribution in [3.8, 4) is 11.5 Å². The molecule has 1 aliphatic rings. The highest BCUT2D eigenvalue weighted by Gasteiger charge is 2.53. The molecule has 1 heterocycles. The number of aromatic hydroxyl groups is 1. The van der Waals surface area contributed by atoms with Gasteiger partial charge in [0, 0.05) is 0 Å². The highest BCUT2D eigenvalue weighted by Crippen LogP contribution is 2.46. The van der Waals surface area contributed by atoms with E-state index in [0.29, 0.717) is 44.5 Å². The molecule has 1 fully saturated rings. The van der Waals surface area contributed by atoms with Gasteiger partial charge in [0.15, 0.2) is 17.1 Å². The van der Waals surface area contributed by atoms with E-state index in [1.54, 1.807) is 30.3 Å². The Labute approximate surface area is 188 Å². The van der Waals surface area contributed by atoms with Crippen LogP contribution < -0.4 is 10.1 Å². The van der Waals surface area contributed by atoms with Gasteiger partial charge >= 0.3 is 0 Å². The molecule has 0 unspecified atom stereocenters. The Morgan fingerprint density at radius 3 is 2.12 bits per heavy atom. The number of phenols is 1. The van der Waals surface area contributed by atoms with Crippen LogP contribution in [0.2, 0.25) is 0 Å². The average Bonchev–Trinajstić information content (AvgIpc) is 2.81. The molecular weight excluding hydrogens is 405 g/mol. The van der Waals surface area contributed by atoms with Crippen LogP contribution in [0.25, 0.3) is 0 Å². The summed E-state index contributed by atoms with van der Waals surface area (Å²) in [7, 11) is 0. The van der Waals surface area contributed by atoms with Crippen LogP contribution in [0.15, 0.2) is 72.8 Å². The molecule has 1 saturated heterocycles. The third-order valence-corrected chi connectivity index (χ3v) is 6.57. The minimum Gasteiger partial charge on any atom is -0.504 e. The number of hydrogen-bond acceptors (Lipinski definition) is 4. The van der Waals surface area contributed by atoms with Crippen LogP contribution in [0.5, 0.6) is 11.5 Å². The predicted molar refractivity (Wildman–Crippen MR) is 123 cm³/mol. The van der Waals surface area contributed by atoms with Crippen molar-refractivity contribution < 1.29 is 19.3 Å². The van der Waals surface area contributed by atoms with Gasteiger partial charge in [0.1, 0.15) is 11.4 Å². The van der Waals surface area contributed by atoms with Gasteiger partial charge in [-0.3, -0.25) is 0 Å². The standard InChI is InChI=1S/C27H30FNO3/c1-2-27(26(31)15-17-29-18-16-26,32-25-6-4-3-5-24(25)30)22-11-7-20(8-12-22)19-21-9-13-23(28)14-10-21/h3-14,29-31H,2,15-19H2,1H3/t27-/m1/s1. The van der Waals surface area contributed by atoms with Crippen LogP contribution in [0.4, 0.5) is 4.39 Å². The second-order valence-corrected chi connectivity index (χ2v) is 8.53. The first-order valence-electron chi connectivity index (χ1n) is 11.2. The number of aliphatic hydroxyl groups is 1. The summed E-state index contributed by atoms with van der Waals surface area (Å²) < 4.78 is 19.7. The third-order valence-electron chi connectivity index (χ3n) is 6.57. The smallest absolute Gasteiger partial charge is 0.162 e. The number of ether oxygens (including phenoxy) is 1. The molecular formula is C27H30FNO3. The fraction of sp³-hybridized carbons (Fsp3) is 0.333. The normalized spacial score (nSPS) is 17.5. The number of piperidine rings is 1. The molecule has 0 aliphatic carbocycles. The molecule has 0 saturated carbocycles. The zero-order valence-electron chi connectivity index (χ0n) is 18.4. The lowest BCUT2D eigenvalue weighted by molar-refractivity contribution is -0.158. The van der Waals surface area contributed by atoms with Crippen molar-refractivity contribution in [1.82, 2.24) is 5.32 Å². The van der Waals surface area contributed by atoms with E-state index in [4.69, 9.17) is 4.74 Å². The molecule has 1 atom stereocenters. The second kappa shape index (κ2) is 9.31. The molecule has 0 bridgehead atoms. The molecule has 32 heavy (non-hydrogen) atoms. The van der Waals surface area contributed by atoms with Gasteiger partial charge in [0.05, 0.1) is 0 Å². The largest absolute Gasteiger partial charge is 0.504 e. The summed E-state index contributed by atoms with van der Waals surface area (Å²) in [4.78, 5) is 0. The monoisotopic (exact) mass is 435 g/mol. The Morgan fingerprint density at radius 2 is 1.53 bits per heavy atom. The Balaban J connectivity index is 1.70. The minimum absolute atomic E-state index is 0.0517.